The van der Waals surface area contributed by atoms with Crippen LogP contribution in [0.25, 0.3) is 11.0 Å². The number of rotatable bonds is 3. The molecule has 0 unspecified atom stereocenters. The van der Waals surface area contributed by atoms with Crippen molar-refractivity contribution in [3.63, 3.8) is 0 Å². The van der Waals surface area contributed by atoms with Gasteiger partial charge in [0.1, 0.15) is 18.1 Å². The minimum absolute atomic E-state index is 0.0698. The number of nitrogens with zero attached hydrogens (tertiary/aromatic N) is 2. The Bertz CT molecular complexity index is 627. The Balaban J connectivity index is 1.84. The molecule has 1 N–H and O–H groups in total. The highest BCUT2D eigenvalue weighted by atomic mass is 16.4. The zero-order valence-electron chi connectivity index (χ0n) is 11.5. The fraction of sp³-hybridized carbons (Fsp3) is 0.467. The first-order valence-electron chi connectivity index (χ1n) is 6.89. The van der Waals surface area contributed by atoms with E-state index in [0.29, 0.717) is 17.0 Å². The summed E-state index contributed by atoms with van der Waals surface area (Å²) >= 11 is 0. The number of carbonyl (C=O) groups excluding carboxylic acids is 1. The third-order valence-corrected chi connectivity index (χ3v) is 3.95. The Morgan fingerprint density at radius 2 is 2.20 bits per heavy atom. The summed E-state index contributed by atoms with van der Waals surface area (Å²) in [6.07, 6.45) is 3.35. The van der Waals surface area contributed by atoms with E-state index in [1.54, 1.807) is 18.3 Å². The van der Waals surface area contributed by atoms with E-state index in [-0.39, 0.29) is 18.3 Å². The van der Waals surface area contributed by atoms with E-state index in [1.807, 2.05) is 0 Å². The van der Waals surface area contributed by atoms with E-state index in [9.17, 15) is 4.79 Å². The average molecular weight is 274 g/mol. The van der Waals surface area contributed by atoms with Crippen LogP contribution in [0.4, 0.5) is 0 Å². The van der Waals surface area contributed by atoms with Crippen LogP contribution in [0.3, 0.4) is 0 Å². The summed E-state index contributed by atoms with van der Waals surface area (Å²) in [5.74, 6) is 0.679. The summed E-state index contributed by atoms with van der Waals surface area (Å²) in [5, 5.41) is 9.88. The normalized spacial score (nSPS) is 17.7. The van der Waals surface area contributed by atoms with Crippen molar-refractivity contribution in [2.24, 2.45) is 5.92 Å². The first-order valence-corrected chi connectivity index (χ1v) is 6.89. The number of aromatic nitrogens is 1. The maximum atomic E-state index is 12.5. The van der Waals surface area contributed by atoms with Gasteiger partial charge in [0.25, 0.3) is 0 Å². The molecule has 0 amide bonds. The SMILES string of the molecule is CN1CCC(C(=O)c2cc3cc(CO)oc3cn2)CC1. The molecule has 1 aliphatic heterocycles. The van der Waals surface area contributed by atoms with Crippen LogP contribution >= 0.6 is 0 Å². The molecule has 0 spiro atoms. The number of Topliss-reactive ketones (excluding diaryl/α,β-unsaturated/α-hetero) is 1. The molecule has 0 bridgehead atoms. The monoisotopic (exact) mass is 274 g/mol. The van der Waals surface area contributed by atoms with Crippen LogP contribution in [0.2, 0.25) is 0 Å². The third kappa shape index (κ3) is 2.46. The molecule has 20 heavy (non-hydrogen) atoms. The standard InChI is InChI=1S/C15H18N2O3/c1-17-4-2-10(3-5-17)15(19)13-7-11-6-12(9-18)20-14(11)8-16-13/h6-8,10,18H,2-5,9H2,1H3. The van der Waals surface area contributed by atoms with Gasteiger partial charge in [-0.15, -0.1) is 0 Å². The number of aliphatic hydroxyl groups excluding tert-OH is 1. The lowest BCUT2D eigenvalue weighted by molar-refractivity contribution is 0.0852. The number of hydrogen-bond donors (Lipinski definition) is 1. The van der Waals surface area contributed by atoms with Crippen LogP contribution in [0.5, 0.6) is 0 Å². The molecule has 1 saturated heterocycles. The van der Waals surface area contributed by atoms with E-state index < -0.39 is 0 Å². The number of hydrogen-bond acceptors (Lipinski definition) is 5. The van der Waals surface area contributed by atoms with Crippen molar-refractivity contribution < 1.29 is 14.3 Å². The molecule has 106 valence electrons. The smallest absolute Gasteiger partial charge is 0.184 e. The molecule has 0 saturated carbocycles. The van der Waals surface area contributed by atoms with Crippen molar-refractivity contribution in [1.82, 2.24) is 9.88 Å². The maximum Gasteiger partial charge on any atom is 0.184 e. The number of likely N-dealkylation sites (tertiary alicyclic amines) is 1. The lowest BCUT2D eigenvalue weighted by Crippen LogP contribution is -2.33. The Hall–Kier alpha value is -1.72. The molecule has 0 atom stereocenters. The van der Waals surface area contributed by atoms with Crippen molar-refractivity contribution in [2.45, 2.75) is 19.4 Å². The van der Waals surface area contributed by atoms with Gasteiger partial charge in [0.2, 0.25) is 0 Å². The van der Waals surface area contributed by atoms with E-state index in [2.05, 4.69) is 16.9 Å². The van der Waals surface area contributed by atoms with Crippen LogP contribution in [0, 0.1) is 5.92 Å². The van der Waals surface area contributed by atoms with Gasteiger partial charge in [-0.05, 0) is 45.1 Å². The largest absolute Gasteiger partial charge is 0.457 e. The lowest BCUT2D eigenvalue weighted by Gasteiger charge is -2.27. The van der Waals surface area contributed by atoms with Gasteiger partial charge in [0.15, 0.2) is 11.4 Å². The number of carbonyl (C=O) groups is 1. The number of aliphatic hydroxyl groups is 1. The van der Waals surface area contributed by atoms with Crippen LogP contribution in [0.15, 0.2) is 22.7 Å². The summed E-state index contributed by atoms with van der Waals surface area (Å²) in [4.78, 5) is 18.9. The highest BCUT2D eigenvalue weighted by Crippen LogP contribution is 2.24. The highest BCUT2D eigenvalue weighted by molar-refractivity contribution is 5.98. The second kappa shape index (κ2) is 5.34. The number of piperidine rings is 1. The molecule has 1 aliphatic rings. The molecule has 5 nitrogen and oxygen atoms in total. The fourth-order valence-corrected chi connectivity index (χ4v) is 2.69. The van der Waals surface area contributed by atoms with Crippen molar-refractivity contribution >= 4 is 16.8 Å². The summed E-state index contributed by atoms with van der Waals surface area (Å²) in [7, 11) is 2.08. The number of pyridine rings is 1. The predicted octanol–water partition coefficient (Wildman–Crippen LogP) is 1.84. The molecule has 3 heterocycles. The van der Waals surface area contributed by atoms with E-state index >= 15 is 0 Å². The first kappa shape index (κ1) is 13.3. The predicted molar refractivity (Wildman–Crippen MR) is 74.5 cm³/mol. The van der Waals surface area contributed by atoms with E-state index in [4.69, 9.17) is 9.52 Å². The minimum Gasteiger partial charge on any atom is -0.457 e. The van der Waals surface area contributed by atoms with Crippen molar-refractivity contribution in [3.05, 3.63) is 29.8 Å². The van der Waals surface area contributed by atoms with Crippen molar-refractivity contribution in [2.75, 3.05) is 20.1 Å². The van der Waals surface area contributed by atoms with Crippen LogP contribution < -0.4 is 0 Å². The van der Waals surface area contributed by atoms with E-state index in [0.717, 1.165) is 31.3 Å². The van der Waals surface area contributed by atoms with Crippen molar-refractivity contribution in [1.29, 1.82) is 0 Å². The topological polar surface area (TPSA) is 66.6 Å². The molecule has 2 aromatic rings. The van der Waals surface area contributed by atoms with Crippen LogP contribution in [-0.4, -0.2) is 40.9 Å². The average Bonchev–Trinajstić information content (AvgIpc) is 2.89. The summed E-state index contributed by atoms with van der Waals surface area (Å²) < 4.78 is 5.38. The molecule has 0 radical (unpaired) electrons. The number of ketones is 1. The van der Waals surface area contributed by atoms with Gasteiger partial charge >= 0.3 is 0 Å². The summed E-state index contributed by atoms with van der Waals surface area (Å²) in [6, 6.07) is 3.51. The van der Waals surface area contributed by atoms with Crippen LogP contribution in [-0.2, 0) is 6.61 Å². The molecule has 2 aromatic heterocycles. The second-order valence-corrected chi connectivity index (χ2v) is 5.42. The van der Waals surface area contributed by atoms with Gasteiger partial charge in [-0.3, -0.25) is 4.79 Å². The molecular weight excluding hydrogens is 256 g/mol. The first-order chi connectivity index (χ1) is 9.67. The highest BCUT2D eigenvalue weighted by Gasteiger charge is 2.25. The zero-order chi connectivity index (χ0) is 14.1. The van der Waals surface area contributed by atoms with Gasteiger partial charge in [0, 0.05) is 11.3 Å². The van der Waals surface area contributed by atoms with Gasteiger partial charge in [-0.1, -0.05) is 0 Å². The zero-order valence-corrected chi connectivity index (χ0v) is 11.5. The van der Waals surface area contributed by atoms with Gasteiger partial charge in [-0.2, -0.15) is 0 Å². The van der Waals surface area contributed by atoms with Gasteiger partial charge in [0.05, 0.1) is 6.20 Å². The summed E-state index contributed by atoms with van der Waals surface area (Å²) in [5.41, 5.74) is 1.10. The quantitative estimate of drug-likeness (QED) is 0.865. The lowest BCUT2D eigenvalue weighted by atomic mass is 9.91. The maximum absolute atomic E-state index is 12.5. The number of fused-ring (bicyclic) bond motifs is 1. The third-order valence-electron chi connectivity index (χ3n) is 3.95. The Labute approximate surface area is 117 Å². The molecular formula is C15H18N2O3. The minimum atomic E-state index is -0.146. The van der Waals surface area contributed by atoms with Crippen molar-refractivity contribution in [3.8, 4) is 0 Å². The molecule has 5 heteroatoms. The number of furan rings is 1. The molecule has 0 aromatic carbocycles. The molecule has 0 aliphatic carbocycles. The van der Waals surface area contributed by atoms with Gasteiger partial charge < -0.3 is 14.4 Å². The summed E-state index contributed by atoms with van der Waals surface area (Å²) in [6.45, 7) is 1.77. The molecule has 3 rings (SSSR count). The second-order valence-electron chi connectivity index (χ2n) is 5.42. The van der Waals surface area contributed by atoms with Crippen LogP contribution in [0.1, 0.15) is 29.1 Å². The Kier molecular flexibility index (Phi) is 3.54. The molecule has 1 fully saturated rings. The van der Waals surface area contributed by atoms with Gasteiger partial charge in [-0.25, -0.2) is 4.98 Å². The van der Waals surface area contributed by atoms with E-state index in [1.165, 1.54) is 0 Å². The Morgan fingerprint density at radius 1 is 1.45 bits per heavy atom. The fourth-order valence-electron chi connectivity index (χ4n) is 2.69. The Morgan fingerprint density at radius 3 is 2.90 bits per heavy atom.